The van der Waals surface area contributed by atoms with Crippen molar-refractivity contribution in [2.24, 2.45) is 0 Å². The van der Waals surface area contributed by atoms with E-state index in [0.29, 0.717) is 11.1 Å². The quantitative estimate of drug-likeness (QED) is 0.505. The lowest BCUT2D eigenvalue weighted by atomic mass is 10.0. The Bertz CT molecular complexity index is 760. The van der Waals surface area contributed by atoms with Crippen molar-refractivity contribution < 1.29 is 9.34 Å². The van der Waals surface area contributed by atoms with Crippen LogP contribution in [0.5, 0.6) is 0 Å². The van der Waals surface area contributed by atoms with E-state index in [0.717, 1.165) is 16.5 Å². The summed E-state index contributed by atoms with van der Waals surface area (Å²) in [5.41, 5.74) is 2.86. The van der Waals surface area contributed by atoms with Gasteiger partial charge in [0.05, 0.1) is 0 Å². The predicted octanol–water partition coefficient (Wildman–Crippen LogP) is 4.32. The van der Waals surface area contributed by atoms with E-state index in [9.17, 15) is 10.1 Å². The molecule has 2 aromatic carbocycles. The van der Waals surface area contributed by atoms with Crippen LogP contribution in [-0.4, -0.2) is 4.92 Å². The average Bonchev–Trinajstić information content (AvgIpc) is 2.81. The molecule has 0 bridgehead atoms. The molecule has 0 amide bonds. The minimum absolute atomic E-state index is 0.199. The van der Waals surface area contributed by atoms with Gasteiger partial charge in [-0.25, -0.2) is 0 Å². The summed E-state index contributed by atoms with van der Waals surface area (Å²) in [7, 11) is 0. The number of furan rings is 1. The fourth-order valence-corrected chi connectivity index (χ4v) is 2.31. The molecule has 0 fully saturated rings. The average molecular weight is 253 g/mol. The molecule has 1 aromatic heterocycles. The molecule has 1 heterocycles. The first-order chi connectivity index (χ1) is 9.18. The zero-order valence-corrected chi connectivity index (χ0v) is 10.3. The van der Waals surface area contributed by atoms with Gasteiger partial charge >= 0.3 is 5.88 Å². The number of aryl methyl sites for hydroxylation is 1. The molecule has 0 radical (unpaired) electrons. The summed E-state index contributed by atoms with van der Waals surface area (Å²) < 4.78 is 5.40. The largest absolute Gasteiger partial charge is 0.442 e. The monoisotopic (exact) mass is 253 g/mol. The van der Waals surface area contributed by atoms with Crippen LogP contribution in [0.4, 0.5) is 5.88 Å². The molecule has 4 heteroatoms. The molecule has 3 aromatic rings. The summed E-state index contributed by atoms with van der Waals surface area (Å²) in [4.78, 5) is 10.7. The first-order valence-electron chi connectivity index (χ1n) is 5.90. The van der Waals surface area contributed by atoms with Crippen molar-refractivity contribution in [2.45, 2.75) is 6.92 Å². The van der Waals surface area contributed by atoms with Gasteiger partial charge in [-0.05, 0) is 24.1 Å². The molecule has 0 atom stereocenters. The zero-order chi connectivity index (χ0) is 13.4. The number of hydrogen-bond donors (Lipinski definition) is 0. The van der Waals surface area contributed by atoms with E-state index < -0.39 is 4.92 Å². The van der Waals surface area contributed by atoms with Crippen LogP contribution in [0, 0.1) is 17.0 Å². The van der Waals surface area contributed by atoms with E-state index in [1.807, 2.05) is 49.4 Å². The van der Waals surface area contributed by atoms with Crippen LogP contribution in [0.1, 0.15) is 5.56 Å². The first-order valence-corrected chi connectivity index (χ1v) is 5.90. The third-order valence-corrected chi connectivity index (χ3v) is 3.13. The Balaban J connectivity index is 2.44. The number of nitro groups is 1. The van der Waals surface area contributed by atoms with Crippen LogP contribution in [-0.2, 0) is 0 Å². The van der Waals surface area contributed by atoms with Crippen molar-refractivity contribution in [1.29, 1.82) is 0 Å². The second kappa shape index (κ2) is 4.24. The highest BCUT2D eigenvalue weighted by atomic mass is 16.6. The van der Waals surface area contributed by atoms with Gasteiger partial charge in [0.25, 0.3) is 0 Å². The minimum Gasteiger partial charge on any atom is -0.400 e. The van der Waals surface area contributed by atoms with Crippen LogP contribution >= 0.6 is 0 Å². The van der Waals surface area contributed by atoms with Crippen molar-refractivity contribution in [3.8, 4) is 11.1 Å². The SMILES string of the molecule is Cc1cccc2oc([N+](=O)[O-])c(-c3ccccc3)c12. The summed E-state index contributed by atoms with van der Waals surface area (Å²) in [5.74, 6) is -0.199. The molecule has 0 aliphatic rings. The molecule has 0 aliphatic carbocycles. The summed E-state index contributed by atoms with van der Waals surface area (Å²) >= 11 is 0. The summed E-state index contributed by atoms with van der Waals surface area (Å²) in [6.45, 7) is 1.92. The van der Waals surface area contributed by atoms with Gasteiger partial charge in [0, 0.05) is 5.39 Å². The number of rotatable bonds is 2. The molecule has 0 saturated carbocycles. The maximum atomic E-state index is 11.2. The third-order valence-electron chi connectivity index (χ3n) is 3.13. The fraction of sp³-hybridized carbons (Fsp3) is 0.0667. The Labute approximate surface area is 109 Å². The highest BCUT2D eigenvalue weighted by Gasteiger charge is 2.25. The number of benzene rings is 2. The molecular formula is C15H11NO3. The molecule has 0 unspecified atom stereocenters. The summed E-state index contributed by atoms with van der Waals surface area (Å²) in [6, 6.07) is 14.8. The number of fused-ring (bicyclic) bond motifs is 1. The van der Waals surface area contributed by atoms with Gasteiger partial charge in [0.15, 0.2) is 0 Å². The number of hydrogen-bond acceptors (Lipinski definition) is 3. The van der Waals surface area contributed by atoms with Gasteiger partial charge in [-0.2, -0.15) is 0 Å². The van der Waals surface area contributed by atoms with Gasteiger partial charge in [0.1, 0.15) is 16.1 Å². The van der Waals surface area contributed by atoms with Crippen LogP contribution in [0.2, 0.25) is 0 Å². The highest BCUT2D eigenvalue weighted by Crippen LogP contribution is 2.40. The van der Waals surface area contributed by atoms with E-state index in [4.69, 9.17) is 4.42 Å². The molecule has 94 valence electrons. The van der Waals surface area contributed by atoms with Gasteiger partial charge in [-0.3, -0.25) is 10.1 Å². The fourth-order valence-electron chi connectivity index (χ4n) is 2.31. The van der Waals surface area contributed by atoms with E-state index in [-0.39, 0.29) is 5.88 Å². The lowest BCUT2D eigenvalue weighted by Crippen LogP contribution is -1.88. The molecule has 19 heavy (non-hydrogen) atoms. The normalized spacial score (nSPS) is 10.8. The van der Waals surface area contributed by atoms with Gasteiger partial charge in [-0.15, -0.1) is 0 Å². The maximum Gasteiger partial charge on any atom is 0.442 e. The van der Waals surface area contributed by atoms with Crippen molar-refractivity contribution in [3.05, 3.63) is 64.2 Å². The lowest BCUT2D eigenvalue weighted by Gasteiger charge is -1.99. The molecule has 0 aliphatic heterocycles. The van der Waals surface area contributed by atoms with Gasteiger partial charge < -0.3 is 4.42 Å². The molecular weight excluding hydrogens is 242 g/mol. The molecule has 0 saturated heterocycles. The minimum atomic E-state index is -0.470. The van der Waals surface area contributed by atoms with E-state index in [1.54, 1.807) is 6.07 Å². The Morgan fingerprint density at radius 3 is 2.47 bits per heavy atom. The van der Waals surface area contributed by atoms with Crippen molar-refractivity contribution in [1.82, 2.24) is 0 Å². The van der Waals surface area contributed by atoms with E-state index in [1.165, 1.54) is 0 Å². The van der Waals surface area contributed by atoms with Gasteiger partial charge in [0.2, 0.25) is 0 Å². The van der Waals surface area contributed by atoms with Crippen LogP contribution < -0.4 is 0 Å². The Hall–Kier alpha value is -2.62. The van der Waals surface area contributed by atoms with Crippen LogP contribution in [0.25, 0.3) is 22.1 Å². The molecule has 3 rings (SSSR count). The smallest absolute Gasteiger partial charge is 0.400 e. The maximum absolute atomic E-state index is 11.2. The Kier molecular flexibility index (Phi) is 2.56. The number of nitrogens with zero attached hydrogens (tertiary/aromatic N) is 1. The summed E-state index contributed by atoms with van der Waals surface area (Å²) in [6.07, 6.45) is 0. The molecule has 4 nitrogen and oxygen atoms in total. The molecule has 0 N–H and O–H groups in total. The van der Waals surface area contributed by atoms with Crippen molar-refractivity contribution in [2.75, 3.05) is 0 Å². The Morgan fingerprint density at radius 2 is 1.79 bits per heavy atom. The van der Waals surface area contributed by atoms with Crippen molar-refractivity contribution >= 4 is 16.9 Å². The third kappa shape index (κ3) is 1.78. The summed E-state index contributed by atoms with van der Waals surface area (Å²) in [5, 5.41) is 12.0. The van der Waals surface area contributed by atoms with Crippen LogP contribution in [0.15, 0.2) is 52.9 Å². The highest BCUT2D eigenvalue weighted by molar-refractivity contribution is 6.00. The first kappa shape index (κ1) is 11.5. The Morgan fingerprint density at radius 1 is 1.05 bits per heavy atom. The zero-order valence-electron chi connectivity index (χ0n) is 10.3. The standard InChI is InChI=1S/C15H11NO3/c1-10-6-5-9-12-13(10)14(15(19-12)16(17)18)11-7-3-2-4-8-11/h2-9H,1H3. The lowest BCUT2D eigenvalue weighted by molar-refractivity contribution is -0.400. The second-order valence-electron chi connectivity index (χ2n) is 4.35. The van der Waals surface area contributed by atoms with E-state index in [2.05, 4.69) is 0 Å². The van der Waals surface area contributed by atoms with Crippen molar-refractivity contribution in [3.63, 3.8) is 0 Å². The van der Waals surface area contributed by atoms with Gasteiger partial charge in [-0.1, -0.05) is 42.5 Å². The topological polar surface area (TPSA) is 56.3 Å². The predicted molar refractivity (Wildman–Crippen MR) is 73.0 cm³/mol. The van der Waals surface area contributed by atoms with E-state index >= 15 is 0 Å². The second-order valence-corrected chi connectivity index (χ2v) is 4.35. The molecule has 0 spiro atoms. The van der Waals surface area contributed by atoms with Crippen LogP contribution in [0.3, 0.4) is 0 Å².